The number of hydrazone groups is 1. The molecule has 0 heterocycles. The minimum Gasteiger partial charge on any atom is -0.490 e. The molecule has 0 aromatic heterocycles. The first-order valence-corrected chi connectivity index (χ1v) is 14.0. The number of carbonyl (C=O) groups excluding carboxylic acids is 1. The number of halogens is 2. The van der Waals surface area contributed by atoms with Crippen LogP contribution in [0.15, 0.2) is 99.0 Å². The zero-order valence-electron chi connectivity index (χ0n) is 21.6. The lowest BCUT2D eigenvalue weighted by atomic mass is 10.2. The van der Waals surface area contributed by atoms with Crippen LogP contribution in [0.25, 0.3) is 0 Å². The van der Waals surface area contributed by atoms with Gasteiger partial charge < -0.3 is 14.2 Å². The molecule has 6 nitrogen and oxygen atoms in total. The second kappa shape index (κ2) is 14.0. The molecule has 8 heteroatoms. The fourth-order valence-electron chi connectivity index (χ4n) is 3.63. The molecule has 0 bridgehead atoms. The van der Waals surface area contributed by atoms with Crippen LogP contribution >= 0.6 is 31.9 Å². The maximum Gasteiger partial charge on any atom is 0.271 e. The summed E-state index contributed by atoms with van der Waals surface area (Å²) in [5, 5.41) is 4.13. The topological polar surface area (TPSA) is 69.2 Å². The molecule has 0 atom stereocenters. The molecule has 0 radical (unpaired) electrons. The van der Waals surface area contributed by atoms with Crippen LogP contribution in [0, 0.1) is 6.92 Å². The average molecular weight is 652 g/mol. The molecule has 0 aliphatic heterocycles. The van der Waals surface area contributed by atoms with Crippen molar-refractivity contribution in [1.29, 1.82) is 0 Å². The predicted molar refractivity (Wildman–Crippen MR) is 161 cm³/mol. The molecule has 0 saturated carbocycles. The van der Waals surface area contributed by atoms with E-state index < -0.39 is 0 Å². The molecule has 1 N–H and O–H groups in total. The fourth-order valence-corrected chi connectivity index (χ4v) is 5.08. The Bertz CT molecular complexity index is 1420. The SMILES string of the molecule is CCOc1cc(C(=O)N/N=C/c2cc(Br)c(OCc3ccc(C)cc3)c(Br)c2)ccc1OCc1ccccc1. The van der Waals surface area contributed by atoms with Gasteiger partial charge in [-0.3, -0.25) is 4.79 Å². The highest BCUT2D eigenvalue weighted by Gasteiger charge is 2.12. The fraction of sp³-hybridized carbons (Fsp3) is 0.161. The summed E-state index contributed by atoms with van der Waals surface area (Å²) in [6, 6.07) is 26.9. The Morgan fingerprint density at radius 1 is 0.821 bits per heavy atom. The van der Waals surface area contributed by atoms with Crippen molar-refractivity contribution >= 4 is 44.0 Å². The van der Waals surface area contributed by atoms with Crippen LogP contribution in [0.2, 0.25) is 0 Å². The normalized spacial score (nSPS) is 10.9. The molecule has 0 fully saturated rings. The number of nitrogens with zero attached hydrogens (tertiary/aromatic N) is 1. The van der Waals surface area contributed by atoms with Crippen LogP contribution in [0.5, 0.6) is 17.2 Å². The monoisotopic (exact) mass is 650 g/mol. The second-order valence-corrected chi connectivity index (χ2v) is 10.4. The van der Waals surface area contributed by atoms with Crippen LogP contribution in [0.1, 0.15) is 39.5 Å². The van der Waals surface area contributed by atoms with Crippen LogP contribution in [0.4, 0.5) is 0 Å². The molecule has 1 amide bonds. The summed E-state index contributed by atoms with van der Waals surface area (Å²) in [6.45, 7) is 5.22. The first-order valence-electron chi connectivity index (χ1n) is 12.4. The van der Waals surface area contributed by atoms with Crippen molar-refractivity contribution in [3.05, 3.63) is 122 Å². The van der Waals surface area contributed by atoms with Crippen LogP contribution in [-0.4, -0.2) is 18.7 Å². The largest absolute Gasteiger partial charge is 0.490 e. The number of amides is 1. The number of carbonyl (C=O) groups is 1. The van der Waals surface area contributed by atoms with Gasteiger partial charge in [-0.1, -0.05) is 60.2 Å². The number of ether oxygens (including phenoxy) is 3. The van der Waals surface area contributed by atoms with Gasteiger partial charge in [-0.05, 0) is 92.7 Å². The molecule has 0 aliphatic rings. The second-order valence-electron chi connectivity index (χ2n) is 8.66. The lowest BCUT2D eigenvalue weighted by Gasteiger charge is -2.13. The molecule has 0 aliphatic carbocycles. The van der Waals surface area contributed by atoms with Gasteiger partial charge in [0.2, 0.25) is 0 Å². The Labute approximate surface area is 245 Å². The van der Waals surface area contributed by atoms with Crippen LogP contribution < -0.4 is 19.6 Å². The highest BCUT2D eigenvalue weighted by atomic mass is 79.9. The number of nitrogens with one attached hydrogen (secondary N) is 1. The van der Waals surface area contributed by atoms with Crippen LogP contribution in [-0.2, 0) is 13.2 Å². The van der Waals surface area contributed by atoms with Gasteiger partial charge in [-0.15, -0.1) is 0 Å². The molecule has 4 rings (SSSR count). The van der Waals surface area contributed by atoms with E-state index in [-0.39, 0.29) is 5.91 Å². The Hall–Kier alpha value is -3.62. The van der Waals surface area contributed by atoms with Gasteiger partial charge in [0.05, 0.1) is 21.8 Å². The minimum atomic E-state index is -0.363. The van der Waals surface area contributed by atoms with Gasteiger partial charge in [0.25, 0.3) is 5.91 Å². The summed E-state index contributed by atoms with van der Waals surface area (Å²) in [6.07, 6.45) is 1.57. The standard InChI is InChI=1S/C31H28Br2N2O4/c1-3-37-29-17-25(13-14-28(29)38-19-22-7-5-4-6-8-22)31(36)35-34-18-24-15-26(32)30(27(33)16-24)39-20-23-11-9-21(2)10-12-23/h4-18H,3,19-20H2,1-2H3,(H,35,36)/b34-18+. The highest BCUT2D eigenvalue weighted by Crippen LogP contribution is 2.35. The quantitative estimate of drug-likeness (QED) is 0.133. The van der Waals surface area contributed by atoms with Gasteiger partial charge in [0, 0.05) is 5.56 Å². The summed E-state index contributed by atoms with van der Waals surface area (Å²) < 4.78 is 19.2. The Morgan fingerprint density at radius 3 is 2.18 bits per heavy atom. The van der Waals surface area contributed by atoms with E-state index in [1.54, 1.807) is 24.4 Å². The van der Waals surface area contributed by atoms with Gasteiger partial charge in [0.1, 0.15) is 19.0 Å². The number of benzene rings is 4. The molecule has 0 spiro atoms. The molecule has 0 unspecified atom stereocenters. The highest BCUT2D eigenvalue weighted by molar-refractivity contribution is 9.11. The zero-order chi connectivity index (χ0) is 27.6. The van der Waals surface area contributed by atoms with E-state index in [2.05, 4.69) is 61.4 Å². The molecular formula is C31H28Br2N2O4. The molecule has 200 valence electrons. The van der Waals surface area contributed by atoms with Crippen molar-refractivity contribution in [3.8, 4) is 17.2 Å². The summed E-state index contributed by atoms with van der Waals surface area (Å²) in [5.41, 5.74) is 7.08. The maximum absolute atomic E-state index is 12.8. The number of aryl methyl sites for hydroxylation is 1. The van der Waals surface area contributed by atoms with Crippen molar-refractivity contribution < 1.29 is 19.0 Å². The predicted octanol–water partition coefficient (Wildman–Crippen LogP) is 7.84. The van der Waals surface area contributed by atoms with Gasteiger partial charge in [0.15, 0.2) is 11.5 Å². The number of hydrogen-bond donors (Lipinski definition) is 1. The summed E-state index contributed by atoms with van der Waals surface area (Å²) in [7, 11) is 0. The maximum atomic E-state index is 12.8. The summed E-state index contributed by atoms with van der Waals surface area (Å²) in [5.74, 6) is 1.40. The van der Waals surface area contributed by atoms with E-state index in [1.165, 1.54) is 5.56 Å². The Morgan fingerprint density at radius 2 is 1.49 bits per heavy atom. The number of rotatable bonds is 11. The molecule has 0 saturated heterocycles. The van der Waals surface area contributed by atoms with Crippen molar-refractivity contribution in [2.24, 2.45) is 5.10 Å². The van der Waals surface area contributed by atoms with Crippen LogP contribution in [0.3, 0.4) is 0 Å². The van der Waals surface area contributed by atoms with E-state index >= 15 is 0 Å². The third kappa shape index (κ3) is 8.18. The smallest absolute Gasteiger partial charge is 0.271 e. The van der Waals surface area contributed by atoms with E-state index in [9.17, 15) is 4.79 Å². The van der Waals surface area contributed by atoms with Crippen molar-refractivity contribution in [3.63, 3.8) is 0 Å². The lowest BCUT2D eigenvalue weighted by molar-refractivity contribution is 0.0954. The molecular weight excluding hydrogens is 624 g/mol. The molecule has 4 aromatic rings. The van der Waals surface area contributed by atoms with E-state index in [0.29, 0.717) is 42.6 Å². The first-order chi connectivity index (χ1) is 18.9. The third-order valence-corrected chi connectivity index (χ3v) is 6.83. The summed E-state index contributed by atoms with van der Waals surface area (Å²) >= 11 is 7.14. The van der Waals surface area contributed by atoms with Crippen molar-refractivity contribution in [2.45, 2.75) is 27.1 Å². The Kier molecular flexibility index (Phi) is 10.2. The Balaban J connectivity index is 1.37. The average Bonchev–Trinajstić information content (AvgIpc) is 2.93. The third-order valence-electron chi connectivity index (χ3n) is 5.65. The minimum absolute atomic E-state index is 0.363. The lowest BCUT2D eigenvalue weighted by Crippen LogP contribution is -2.17. The van der Waals surface area contributed by atoms with E-state index in [4.69, 9.17) is 14.2 Å². The van der Waals surface area contributed by atoms with Crippen molar-refractivity contribution in [2.75, 3.05) is 6.61 Å². The van der Waals surface area contributed by atoms with Gasteiger partial charge in [-0.25, -0.2) is 5.43 Å². The summed E-state index contributed by atoms with van der Waals surface area (Å²) in [4.78, 5) is 12.8. The van der Waals surface area contributed by atoms with E-state index in [1.807, 2.05) is 61.5 Å². The van der Waals surface area contributed by atoms with Gasteiger partial charge >= 0.3 is 0 Å². The first kappa shape index (κ1) is 28.4. The molecule has 39 heavy (non-hydrogen) atoms. The van der Waals surface area contributed by atoms with E-state index in [0.717, 1.165) is 25.6 Å². The van der Waals surface area contributed by atoms with Crippen molar-refractivity contribution in [1.82, 2.24) is 5.43 Å². The number of hydrogen-bond acceptors (Lipinski definition) is 5. The van der Waals surface area contributed by atoms with Gasteiger partial charge in [-0.2, -0.15) is 5.10 Å². The molecule has 4 aromatic carbocycles. The zero-order valence-corrected chi connectivity index (χ0v) is 24.8.